The van der Waals surface area contributed by atoms with E-state index in [-0.39, 0.29) is 11.5 Å². The maximum absolute atomic E-state index is 12.6. The number of ether oxygens (including phenoxy) is 2. The quantitative estimate of drug-likeness (QED) is 0.798. The molecule has 7 heteroatoms. The van der Waals surface area contributed by atoms with Crippen LogP contribution in [-0.4, -0.2) is 28.1 Å². The fraction of sp³-hybridized carbons (Fsp3) is 0.278. The first kappa shape index (κ1) is 18.8. The van der Waals surface area contributed by atoms with Crippen molar-refractivity contribution in [3.63, 3.8) is 0 Å². The maximum atomic E-state index is 12.6. The van der Waals surface area contributed by atoms with Crippen LogP contribution >= 0.6 is 0 Å². The number of benzene rings is 2. The van der Waals surface area contributed by atoms with Crippen molar-refractivity contribution in [2.24, 2.45) is 0 Å². The number of carbonyl (C=O) groups excluding carboxylic acids is 1. The molecule has 0 aliphatic rings. The topological polar surface area (TPSA) is 81.7 Å². The molecule has 0 aromatic heterocycles. The number of aryl methyl sites for hydroxylation is 3. The van der Waals surface area contributed by atoms with E-state index >= 15 is 0 Å². The number of hydrogen-bond acceptors (Lipinski definition) is 5. The normalized spacial score (nSPS) is 11.0. The van der Waals surface area contributed by atoms with Crippen LogP contribution in [0.1, 0.15) is 16.7 Å². The molecule has 0 saturated carbocycles. The van der Waals surface area contributed by atoms with Crippen molar-refractivity contribution >= 4 is 21.7 Å². The first-order valence-corrected chi connectivity index (χ1v) is 9.11. The van der Waals surface area contributed by atoms with Crippen molar-refractivity contribution in [3.8, 4) is 5.75 Å². The molecule has 2 aromatic carbocycles. The fourth-order valence-electron chi connectivity index (χ4n) is 2.39. The highest BCUT2D eigenvalue weighted by Gasteiger charge is 2.16. The number of rotatable bonds is 6. The molecule has 6 nitrogen and oxygen atoms in total. The number of sulfonamides is 1. The lowest BCUT2D eigenvalue weighted by Gasteiger charge is -2.12. The summed E-state index contributed by atoms with van der Waals surface area (Å²) in [7, 11) is -2.45. The van der Waals surface area contributed by atoms with Gasteiger partial charge in [-0.1, -0.05) is 6.07 Å². The van der Waals surface area contributed by atoms with Crippen molar-refractivity contribution in [1.82, 2.24) is 0 Å². The smallest absolute Gasteiger partial charge is 0.343 e. The Bertz CT molecular complexity index is 870. The van der Waals surface area contributed by atoms with Crippen LogP contribution < -0.4 is 9.46 Å². The second-order valence-electron chi connectivity index (χ2n) is 5.77. The van der Waals surface area contributed by atoms with E-state index in [4.69, 9.17) is 4.74 Å². The summed E-state index contributed by atoms with van der Waals surface area (Å²) in [4.78, 5) is 11.2. The number of hydrogen-bond donors (Lipinski definition) is 1. The average molecular weight is 363 g/mol. The molecule has 2 rings (SSSR count). The van der Waals surface area contributed by atoms with Gasteiger partial charge in [0.05, 0.1) is 12.0 Å². The van der Waals surface area contributed by atoms with Gasteiger partial charge in [-0.2, -0.15) is 0 Å². The molecule has 1 N–H and O–H groups in total. The van der Waals surface area contributed by atoms with E-state index in [0.717, 1.165) is 11.1 Å². The van der Waals surface area contributed by atoms with Crippen LogP contribution in [0.5, 0.6) is 5.75 Å². The van der Waals surface area contributed by atoms with Crippen LogP contribution in [0, 0.1) is 20.8 Å². The van der Waals surface area contributed by atoms with Gasteiger partial charge in [0.25, 0.3) is 10.0 Å². The summed E-state index contributed by atoms with van der Waals surface area (Å²) in [5.74, 6) is -0.0802. The summed E-state index contributed by atoms with van der Waals surface area (Å²) in [6, 6.07) is 9.96. The molecule has 25 heavy (non-hydrogen) atoms. The van der Waals surface area contributed by atoms with Crippen molar-refractivity contribution in [1.29, 1.82) is 0 Å². The Morgan fingerprint density at radius 2 is 1.68 bits per heavy atom. The Kier molecular flexibility index (Phi) is 5.69. The van der Waals surface area contributed by atoms with Gasteiger partial charge in [0.1, 0.15) is 5.75 Å². The predicted molar refractivity (Wildman–Crippen MR) is 95.4 cm³/mol. The Morgan fingerprint density at radius 1 is 1.04 bits per heavy atom. The van der Waals surface area contributed by atoms with Gasteiger partial charge in [-0.25, -0.2) is 13.2 Å². The second-order valence-corrected chi connectivity index (χ2v) is 7.46. The second kappa shape index (κ2) is 7.57. The summed E-state index contributed by atoms with van der Waals surface area (Å²) in [5, 5.41) is 0. The third-order valence-electron chi connectivity index (χ3n) is 3.50. The molecule has 0 saturated heterocycles. The van der Waals surface area contributed by atoms with Crippen LogP contribution in [0.25, 0.3) is 0 Å². The van der Waals surface area contributed by atoms with Gasteiger partial charge < -0.3 is 9.47 Å². The highest BCUT2D eigenvalue weighted by molar-refractivity contribution is 7.92. The summed E-state index contributed by atoms with van der Waals surface area (Å²) in [5.41, 5.74) is 3.06. The number of anilines is 1. The molecule has 0 radical (unpaired) electrons. The summed E-state index contributed by atoms with van der Waals surface area (Å²) in [6.07, 6.45) is 0. The Morgan fingerprint density at radius 3 is 2.24 bits per heavy atom. The van der Waals surface area contributed by atoms with Crippen molar-refractivity contribution in [3.05, 3.63) is 53.1 Å². The molecule has 0 amide bonds. The summed E-state index contributed by atoms with van der Waals surface area (Å²) < 4.78 is 37.6. The fourth-order valence-corrected chi connectivity index (χ4v) is 3.52. The van der Waals surface area contributed by atoms with Crippen molar-refractivity contribution < 1.29 is 22.7 Å². The van der Waals surface area contributed by atoms with Gasteiger partial charge in [0, 0.05) is 5.69 Å². The van der Waals surface area contributed by atoms with Crippen molar-refractivity contribution in [2.45, 2.75) is 25.7 Å². The number of carbonyl (C=O) groups is 1. The van der Waals surface area contributed by atoms with E-state index < -0.39 is 16.0 Å². The highest BCUT2D eigenvalue weighted by atomic mass is 32.2. The third-order valence-corrected chi connectivity index (χ3v) is 4.88. The average Bonchev–Trinajstić information content (AvgIpc) is 2.51. The zero-order valence-corrected chi connectivity index (χ0v) is 15.4. The van der Waals surface area contributed by atoms with Crippen LogP contribution in [-0.2, 0) is 19.6 Å². The molecular weight excluding hydrogens is 342 g/mol. The van der Waals surface area contributed by atoms with Crippen LogP contribution in [0.2, 0.25) is 0 Å². The molecule has 0 heterocycles. The molecule has 0 aliphatic carbocycles. The minimum Gasteiger partial charge on any atom is -0.482 e. The molecule has 0 spiro atoms. The zero-order valence-electron chi connectivity index (χ0n) is 14.6. The van der Waals surface area contributed by atoms with Gasteiger partial charge >= 0.3 is 5.97 Å². The van der Waals surface area contributed by atoms with Crippen LogP contribution in [0.3, 0.4) is 0 Å². The lowest BCUT2D eigenvalue weighted by Crippen LogP contribution is -2.15. The predicted octanol–water partition coefficient (Wildman–Crippen LogP) is 2.96. The standard InChI is InChI=1S/C18H21NO5S/c1-12-7-13(2)9-15(8-12)19-25(21,22)16-5-6-17(14(3)10-16)24-11-18(20)23-4/h5-10,19H,11H2,1-4H3. The first-order chi connectivity index (χ1) is 11.7. The summed E-state index contributed by atoms with van der Waals surface area (Å²) in [6.45, 7) is 5.29. The number of methoxy groups -OCH3 is 1. The van der Waals surface area contributed by atoms with E-state index in [0.29, 0.717) is 17.0 Å². The molecule has 2 aromatic rings. The van der Waals surface area contributed by atoms with Gasteiger partial charge in [0.15, 0.2) is 6.61 Å². The van der Waals surface area contributed by atoms with E-state index in [2.05, 4.69) is 9.46 Å². The molecule has 0 atom stereocenters. The molecule has 134 valence electrons. The van der Waals surface area contributed by atoms with E-state index in [1.54, 1.807) is 19.1 Å². The van der Waals surface area contributed by atoms with E-state index in [1.165, 1.54) is 25.3 Å². The Labute approximate surface area is 147 Å². The molecule has 0 fully saturated rings. The van der Waals surface area contributed by atoms with E-state index in [1.807, 2.05) is 19.9 Å². The van der Waals surface area contributed by atoms with Gasteiger partial charge in [-0.15, -0.1) is 0 Å². The number of esters is 1. The third kappa shape index (κ3) is 4.96. The Hall–Kier alpha value is -2.54. The van der Waals surface area contributed by atoms with Crippen LogP contribution in [0.15, 0.2) is 41.3 Å². The monoisotopic (exact) mass is 363 g/mol. The van der Waals surface area contributed by atoms with Crippen LogP contribution in [0.4, 0.5) is 5.69 Å². The highest BCUT2D eigenvalue weighted by Crippen LogP contribution is 2.24. The minimum absolute atomic E-state index is 0.120. The van der Waals surface area contributed by atoms with E-state index in [9.17, 15) is 13.2 Å². The zero-order chi connectivity index (χ0) is 18.6. The molecule has 0 bridgehead atoms. The number of nitrogens with one attached hydrogen (secondary N) is 1. The lowest BCUT2D eigenvalue weighted by atomic mass is 10.1. The SMILES string of the molecule is COC(=O)COc1ccc(S(=O)(=O)Nc2cc(C)cc(C)c2)cc1C. The molecule has 0 unspecified atom stereocenters. The summed E-state index contributed by atoms with van der Waals surface area (Å²) >= 11 is 0. The molecular formula is C18H21NO5S. The first-order valence-electron chi connectivity index (χ1n) is 7.62. The van der Waals surface area contributed by atoms with Gasteiger partial charge in [-0.05, 0) is 67.8 Å². The Balaban J connectivity index is 2.21. The van der Waals surface area contributed by atoms with Gasteiger partial charge in [0.2, 0.25) is 0 Å². The molecule has 0 aliphatic heterocycles. The maximum Gasteiger partial charge on any atom is 0.343 e. The van der Waals surface area contributed by atoms with Gasteiger partial charge in [-0.3, -0.25) is 4.72 Å². The minimum atomic E-state index is -3.72. The lowest BCUT2D eigenvalue weighted by molar-refractivity contribution is -0.142. The van der Waals surface area contributed by atoms with Crippen molar-refractivity contribution in [2.75, 3.05) is 18.4 Å². The largest absolute Gasteiger partial charge is 0.482 e.